The molecule has 0 aromatic heterocycles. The molecule has 2 aliphatic heterocycles. The fourth-order valence-corrected chi connectivity index (χ4v) is 5.03. The maximum atomic E-state index is 12.9. The number of amides is 1. The van der Waals surface area contributed by atoms with E-state index in [1.165, 1.54) is 0 Å². The Bertz CT molecular complexity index is 1280. The van der Waals surface area contributed by atoms with Crippen LogP contribution in [0, 0.1) is 0 Å². The summed E-state index contributed by atoms with van der Waals surface area (Å²) in [6.07, 6.45) is 0.949. The Kier molecular flexibility index (Phi) is 8.94. The van der Waals surface area contributed by atoms with Gasteiger partial charge in [0.2, 0.25) is 0 Å². The Hall–Kier alpha value is -3.23. The molecule has 3 aromatic carbocycles. The highest BCUT2D eigenvalue weighted by molar-refractivity contribution is 6.35. The predicted octanol–water partition coefficient (Wildman–Crippen LogP) is 6.01. The number of piperazine rings is 1. The van der Waals surface area contributed by atoms with Crippen molar-refractivity contribution in [3.05, 3.63) is 101 Å². The van der Waals surface area contributed by atoms with Gasteiger partial charge >= 0.3 is 0 Å². The van der Waals surface area contributed by atoms with E-state index in [4.69, 9.17) is 42.1 Å². The van der Waals surface area contributed by atoms with Gasteiger partial charge in [0.15, 0.2) is 6.29 Å². The normalized spacial score (nSPS) is 19.1. The molecule has 7 nitrogen and oxygen atoms in total. The number of hydrogen-bond donors (Lipinski definition) is 0. The first-order valence-corrected chi connectivity index (χ1v) is 13.6. The van der Waals surface area contributed by atoms with Crippen LogP contribution in [0.25, 0.3) is 0 Å². The van der Waals surface area contributed by atoms with E-state index >= 15 is 0 Å². The summed E-state index contributed by atoms with van der Waals surface area (Å²) in [6.45, 7) is 7.69. The molecule has 2 saturated heterocycles. The number of hydrogen-bond acceptors (Lipinski definition) is 6. The Balaban J connectivity index is 1.07. The number of nitrogens with zero attached hydrogens (tertiary/aromatic N) is 2. The lowest BCUT2D eigenvalue weighted by atomic mass is 10.1. The van der Waals surface area contributed by atoms with Crippen molar-refractivity contribution >= 4 is 34.8 Å². The molecule has 2 aliphatic rings. The van der Waals surface area contributed by atoms with Crippen molar-refractivity contribution in [2.24, 2.45) is 0 Å². The first-order chi connectivity index (χ1) is 19.0. The number of ether oxygens (including phenoxy) is 4. The van der Waals surface area contributed by atoms with E-state index in [0.717, 1.165) is 35.8 Å². The number of benzene rings is 3. The first-order valence-electron chi connectivity index (χ1n) is 12.8. The van der Waals surface area contributed by atoms with Crippen molar-refractivity contribution < 1.29 is 23.7 Å². The van der Waals surface area contributed by atoms with Crippen LogP contribution in [0.2, 0.25) is 10.0 Å². The molecule has 0 aliphatic carbocycles. The average molecular weight is 569 g/mol. The molecule has 0 spiro atoms. The third-order valence-corrected chi connectivity index (χ3v) is 7.20. The summed E-state index contributed by atoms with van der Waals surface area (Å²) in [4.78, 5) is 17.1. The second kappa shape index (κ2) is 12.7. The molecule has 2 atom stereocenters. The van der Waals surface area contributed by atoms with Gasteiger partial charge in [0.25, 0.3) is 5.91 Å². The van der Waals surface area contributed by atoms with Crippen LogP contribution in [0.1, 0.15) is 22.2 Å². The highest BCUT2D eigenvalue weighted by atomic mass is 35.5. The minimum absolute atomic E-state index is 0.0346. The zero-order chi connectivity index (χ0) is 27.2. The van der Waals surface area contributed by atoms with Crippen LogP contribution in [0.4, 0.5) is 5.69 Å². The van der Waals surface area contributed by atoms with Crippen LogP contribution in [0.15, 0.2) is 79.4 Å². The van der Waals surface area contributed by atoms with Gasteiger partial charge in [-0.05, 0) is 60.7 Å². The minimum atomic E-state index is -0.535. The van der Waals surface area contributed by atoms with E-state index < -0.39 is 6.29 Å². The third kappa shape index (κ3) is 6.86. The van der Waals surface area contributed by atoms with E-state index in [9.17, 15) is 4.79 Å². The van der Waals surface area contributed by atoms with Crippen LogP contribution in [0.5, 0.6) is 11.5 Å². The molecule has 2 fully saturated rings. The molecule has 2 heterocycles. The summed E-state index contributed by atoms with van der Waals surface area (Å²) in [6, 6.07) is 20.5. The SMILES string of the molecule is C=CCOc1ccc(C(=O)N2CCN(c3ccc(OCC4COC(c5ccc(Cl)cc5Cl)O4)cc3)CC2)cc1. The zero-order valence-electron chi connectivity index (χ0n) is 21.4. The molecule has 39 heavy (non-hydrogen) atoms. The number of carbonyl (C=O) groups is 1. The van der Waals surface area contributed by atoms with Crippen molar-refractivity contribution in [1.29, 1.82) is 0 Å². The van der Waals surface area contributed by atoms with Crippen LogP contribution < -0.4 is 14.4 Å². The van der Waals surface area contributed by atoms with Crippen LogP contribution in [-0.4, -0.2) is 62.9 Å². The molecule has 204 valence electrons. The molecule has 0 bridgehead atoms. The van der Waals surface area contributed by atoms with E-state index in [-0.39, 0.29) is 12.0 Å². The monoisotopic (exact) mass is 568 g/mol. The number of anilines is 1. The lowest BCUT2D eigenvalue weighted by Crippen LogP contribution is -2.48. The largest absolute Gasteiger partial charge is 0.491 e. The summed E-state index contributed by atoms with van der Waals surface area (Å²) in [5.74, 6) is 1.51. The van der Waals surface area contributed by atoms with Gasteiger partial charge in [-0.2, -0.15) is 0 Å². The quantitative estimate of drug-likeness (QED) is 0.294. The summed E-state index contributed by atoms with van der Waals surface area (Å²) in [5.41, 5.74) is 2.51. The number of halogens is 2. The molecule has 9 heteroatoms. The van der Waals surface area contributed by atoms with Gasteiger partial charge in [0.05, 0.1) is 11.6 Å². The Labute approximate surface area is 238 Å². The average Bonchev–Trinajstić information content (AvgIpc) is 3.44. The molecule has 2 unspecified atom stereocenters. The topological polar surface area (TPSA) is 60.5 Å². The smallest absolute Gasteiger partial charge is 0.253 e. The predicted molar refractivity (Wildman–Crippen MR) is 152 cm³/mol. The number of rotatable bonds is 9. The van der Waals surface area contributed by atoms with Crippen LogP contribution in [0.3, 0.4) is 0 Å². The molecule has 5 rings (SSSR count). The van der Waals surface area contributed by atoms with E-state index in [2.05, 4.69) is 11.5 Å². The second-order valence-corrected chi connectivity index (χ2v) is 10.1. The minimum Gasteiger partial charge on any atom is -0.491 e. The first kappa shape index (κ1) is 27.3. The maximum absolute atomic E-state index is 12.9. The van der Waals surface area contributed by atoms with Crippen molar-refractivity contribution in [1.82, 2.24) is 4.90 Å². The fraction of sp³-hybridized carbons (Fsp3) is 0.300. The van der Waals surface area contributed by atoms with Gasteiger partial charge < -0.3 is 28.7 Å². The fourth-order valence-electron chi connectivity index (χ4n) is 4.53. The van der Waals surface area contributed by atoms with Gasteiger partial charge in [-0.25, -0.2) is 0 Å². The van der Waals surface area contributed by atoms with Gasteiger partial charge in [-0.3, -0.25) is 4.79 Å². The summed E-state index contributed by atoms with van der Waals surface area (Å²) < 4.78 is 23.2. The molecule has 0 N–H and O–H groups in total. The Morgan fingerprint density at radius 3 is 2.33 bits per heavy atom. The van der Waals surface area contributed by atoms with Crippen molar-refractivity contribution in [2.45, 2.75) is 12.4 Å². The second-order valence-electron chi connectivity index (χ2n) is 9.30. The summed E-state index contributed by atoms with van der Waals surface area (Å²) in [7, 11) is 0. The van der Waals surface area contributed by atoms with E-state index in [0.29, 0.717) is 48.5 Å². The molecular weight excluding hydrogens is 539 g/mol. The highest BCUT2D eigenvalue weighted by Gasteiger charge is 2.29. The zero-order valence-corrected chi connectivity index (χ0v) is 22.9. The van der Waals surface area contributed by atoms with Crippen molar-refractivity contribution in [3.63, 3.8) is 0 Å². The molecular formula is C30H30Cl2N2O5. The van der Waals surface area contributed by atoms with Crippen LogP contribution in [-0.2, 0) is 9.47 Å². The van der Waals surface area contributed by atoms with Gasteiger partial charge in [0, 0.05) is 48.0 Å². The molecule has 0 radical (unpaired) electrons. The number of carbonyl (C=O) groups excluding carboxylic acids is 1. The Morgan fingerprint density at radius 1 is 0.949 bits per heavy atom. The molecule has 1 amide bonds. The van der Waals surface area contributed by atoms with Crippen LogP contribution >= 0.6 is 23.2 Å². The molecule has 0 saturated carbocycles. The van der Waals surface area contributed by atoms with Crippen molar-refractivity contribution in [3.8, 4) is 11.5 Å². The molecule has 3 aromatic rings. The highest BCUT2D eigenvalue weighted by Crippen LogP contribution is 2.33. The Morgan fingerprint density at radius 2 is 1.64 bits per heavy atom. The lowest BCUT2D eigenvalue weighted by Gasteiger charge is -2.36. The standard InChI is InChI=1S/C30H30Cl2N2O5/c1-2-17-36-24-8-3-21(4-9-24)29(35)34-15-13-33(14-16-34)23-6-10-25(11-7-23)37-19-26-20-38-30(39-26)27-12-5-22(31)18-28(27)32/h2-12,18,26,30H,1,13-17,19-20H2. The van der Waals surface area contributed by atoms with Gasteiger partial charge in [0.1, 0.15) is 30.8 Å². The van der Waals surface area contributed by atoms with Gasteiger partial charge in [-0.1, -0.05) is 41.9 Å². The third-order valence-electron chi connectivity index (χ3n) is 6.64. The maximum Gasteiger partial charge on any atom is 0.253 e. The van der Waals surface area contributed by atoms with Crippen molar-refractivity contribution in [2.75, 3.05) is 50.9 Å². The lowest BCUT2D eigenvalue weighted by molar-refractivity contribution is -0.0658. The summed E-state index contributed by atoms with van der Waals surface area (Å²) in [5, 5.41) is 1.08. The van der Waals surface area contributed by atoms with Gasteiger partial charge in [-0.15, -0.1) is 0 Å². The van der Waals surface area contributed by atoms with E-state index in [1.54, 1.807) is 18.2 Å². The van der Waals surface area contributed by atoms with E-state index in [1.807, 2.05) is 59.5 Å². The summed E-state index contributed by atoms with van der Waals surface area (Å²) >= 11 is 12.3.